The van der Waals surface area contributed by atoms with Gasteiger partial charge in [0.05, 0.1) is 13.2 Å². The first-order chi connectivity index (χ1) is 17.5. The Morgan fingerprint density at radius 1 is 1.00 bits per heavy atom. The molecule has 2 atom stereocenters. The summed E-state index contributed by atoms with van der Waals surface area (Å²) in [5.41, 5.74) is 4.33. The highest BCUT2D eigenvalue weighted by molar-refractivity contribution is 5.88. The molecule has 0 saturated heterocycles. The van der Waals surface area contributed by atoms with E-state index < -0.39 is 18.1 Å². The molecular formula is C29H31NO6. The van der Waals surface area contributed by atoms with Crippen molar-refractivity contribution < 1.29 is 28.9 Å². The van der Waals surface area contributed by atoms with E-state index in [1.807, 2.05) is 79.7 Å². The van der Waals surface area contributed by atoms with Crippen molar-refractivity contribution in [3.8, 4) is 5.75 Å². The number of hydrogen-bond acceptors (Lipinski definition) is 5. The summed E-state index contributed by atoms with van der Waals surface area (Å²) >= 11 is 0. The summed E-state index contributed by atoms with van der Waals surface area (Å²) in [7, 11) is 1.56. The summed E-state index contributed by atoms with van der Waals surface area (Å²) in [6.07, 6.45) is -0.772. The van der Waals surface area contributed by atoms with Crippen LogP contribution in [0.4, 0.5) is 0 Å². The van der Waals surface area contributed by atoms with Crippen molar-refractivity contribution in [1.82, 2.24) is 4.90 Å². The van der Waals surface area contributed by atoms with Crippen LogP contribution in [0.3, 0.4) is 0 Å². The van der Waals surface area contributed by atoms with Crippen LogP contribution < -0.4 is 4.74 Å². The fraction of sp³-hybridized carbons (Fsp3) is 0.310. The van der Waals surface area contributed by atoms with Crippen molar-refractivity contribution in [2.75, 3.05) is 20.3 Å². The van der Waals surface area contributed by atoms with Gasteiger partial charge in [0.15, 0.2) is 6.10 Å². The highest BCUT2D eigenvalue weighted by Crippen LogP contribution is 2.36. The summed E-state index contributed by atoms with van der Waals surface area (Å²) in [6.45, 7) is 3.01. The first-order valence-corrected chi connectivity index (χ1v) is 12.0. The Bertz CT molecular complexity index is 1180. The molecule has 0 radical (unpaired) electrons. The zero-order valence-corrected chi connectivity index (χ0v) is 20.6. The number of benzene rings is 3. The average molecular weight is 490 g/mol. The van der Waals surface area contributed by atoms with Gasteiger partial charge in [-0.05, 0) is 29.2 Å². The topological polar surface area (TPSA) is 85.3 Å². The Hall–Kier alpha value is -3.68. The van der Waals surface area contributed by atoms with Gasteiger partial charge in [-0.15, -0.1) is 0 Å². The van der Waals surface area contributed by atoms with Gasteiger partial charge in [0.2, 0.25) is 0 Å². The lowest BCUT2D eigenvalue weighted by Gasteiger charge is -2.37. The highest BCUT2D eigenvalue weighted by Gasteiger charge is 2.39. The molecule has 0 saturated carbocycles. The van der Waals surface area contributed by atoms with Crippen molar-refractivity contribution >= 4 is 11.9 Å². The van der Waals surface area contributed by atoms with Gasteiger partial charge in [-0.2, -0.15) is 0 Å². The van der Waals surface area contributed by atoms with Crippen molar-refractivity contribution in [3.63, 3.8) is 0 Å². The Morgan fingerprint density at radius 3 is 2.36 bits per heavy atom. The second kappa shape index (κ2) is 11.8. The molecule has 1 amide bonds. The zero-order valence-electron chi connectivity index (χ0n) is 20.6. The van der Waals surface area contributed by atoms with Crippen LogP contribution in [0.15, 0.2) is 72.8 Å². The number of ether oxygens (including phenoxy) is 3. The molecule has 2 unspecified atom stereocenters. The van der Waals surface area contributed by atoms with Crippen molar-refractivity contribution in [1.29, 1.82) is 0 Å². The van der Waals surface area contributed by atoms with E-state index in [4.69, 9.17) is 14.2 Å². The van der Waals surface area contributed by atoms with Gasteiger partial charge >= 0.3 is 5.97 Å². The number of aryl methyl sites for hydroxylation is 1. The molecule has 0 bridgehead atoms. The molecule has 0 aromatic heterocycles. The van der Waals surface area contributed by atoms with E-state index in [1.165, 1.54) is 4.90 Å². The number of nitrogens with zero attached hydrogens (tertiary/aromatic N) is 1. The maximum Gasteiger partial charge on any atom is 0.326 e. The standard InChI is InChI=1S/C29H31NO6/c1-20-13-14-23-18-30(28(31)27(35-16-15-34-2)22-11-7-4-8-12-22)25(29(32)33)17-24(23)26(20)36-19-21-9-5-3-6-10-21/h3-14,25,27H,15-19H2,1-2H3,(H,32,33). The molecule has 1 aliphatic heterocycles. The normalized spacial score (nSPS) is 15.7. The molecule has 1 N–H and O–H groups in total. The van der Waals surface area contributed by atoms with Crippen LogP contribution >= 0.6 is 0 Å². The molecule has 3 aromatic carbocycles. The lowest BCUT2D eigenvalue weighted by molar-refractivity contribution is -0.158. The Balaban J connectivity index is 1.63. The van der Waals surface area contributed by atoms with Gasteiger partial charge < -0.3 is 24.2 Å². The number of rotatable bonds is 10. The van der Waals surface area contributed by atoms with Crippen molar-refractivity contribution in [2.45, 2.75) is 38.6 Å². The van der Waals surface area contributed by atoms with Gasteiger partial charge in [0, 0.05) is 25.6 Å². The van der Waals surface area contributed by atoms with E-state index in [9.17, 15) is 14.7 Å². The molecule has 7 nitrogen and oxygen atoms in total. The lowest BCUT2D eigenvalue weighted by atomic mass is 9.90. The van der Waals surface area contributed by atoms with Crippen LogP contribution in [-0.2, 0) is 38.6 Å². The van der Waals surface area contributed by atoms with E-state index in [0.29, 0.717) is 24.5 Å². The van der Waals surface area contributed by atoms with Gasteiger partial charge in [-0.3, -0.25) is 4.79 Å². The Morgan fingerprint density at radius 2 is 1.69 bits per heavy atom. The number of hydrogen-bond donors (Lipinski definition) is 1. The van der Waals surface area contributed by atoms with Crippen LogP contribution in [0.1, 0.15) is 33.9 Å². The van der Waals surface area contributed by atoms with E-state index in [2.05, 4.69) is 0 Å². The molecule has 4 rings (SSSR count). The lowest BCUT2D eigenvalue weighted by Crippen LogP contribution is -2.50. The fourth-order valence-electron chi connectivity index (χ4n) is 4.48. The number of amides is 1. The largest absolute Gasteiger partial charge is 0.488 e. The number of carboxylic acids is 1. The number of carboxylic acid groups (broad SMARTS) is 1. The first-order valence-electron chi connectivity index (χ1n) is 12.0. The SMILES string of the molecule is COCCOC(C(=O)N1Cc2ccc(C)c(OCc3ccccc3)c2CC1C(=O)O)c1ccccc1. The predicted molar refractivity (Wildman–Crippen MR) is 135 cm³/mol. The van der Waals surface area contributed by atoms with E-state index >= 15 is 0 Å². The summed E-state index contributed by atoms with van der Waals surface area (Å²) < 4.78 is 17.2. The van der Waals surface area contributed by atoms with E-state index in [1.54, 1.807) is 7.11 Å². The minimum Gasteiger partial charge on any atom is -0.488 e. The number of fused-ring (bicyclic) bond motifs is 1. The van der Waals surface area contributed by atoms with Gasteiger partial charge in [0.1, 0.15) is 18.4 Å². The third-order valence-electron chi connectivity index (χ3n) is 6.36. The Labute approximate surface area is 211 Å². The quantitative estimate of drug-likeness (QED) is 0.427. The van der Waals surface area contributed by atoms with Crippen molar-refractivity contribution in [3.05, 3.63) is 101 Å². The molecule has 0 aliphatic carbocycles. The molecule has 1 aliphatic rings. The number of methoxy groups -OCH3 is 1. The maximum atomic E-state index is 13.7. The van der Waals surface area contributed by atoms with Gasteiger partial charge in [-0.1, -0.05) is 72.8 Å². The summed E-state index contributed by atoms with van der Waals surface area (Å²) in [5.74, 6) is -0.762. The molecule has 7 heteroatoms. The van der Waals surface area contributed by atoms with Crippen LogP contribution in [0.25, 0.3) is 0 Å². The summed E-state index contributed by atoms with van der Waals surface area (Å²) in [4.78, 5) is 27.5. The number of carbonyl (C=O) groups is 2. The summed E-state index contributed by atoms with van der Waals surface area (Å²) in [5, 5.41) is 10.1. The minimum atomic E-state index is -1.06. The Kier molecular flexibility index (Phi) is 8.36. The third-order valence-corrected chi connectivity index (χ3v) is 6.36. The average Bonchev–Trinajstić information content (AvgIpc) is 2.90. The van der Waals surface area contributed by atoms with Gasteiger partial charge in [-0.25, -0.2) is 4.79 Å². The zero-order chi connectivity index (χ0) is 25.5. The monoisotopic (exact) mass is 489 g/mol. The molecule has 188 valence electrons. The second-order valence-corrected chi connectivity index (χ2v) is 8.80. The fourth-order valence-corrected chi connectivity index (χ4v) is 4.48. The molecule has 0 spiro atoms. The van der Waals surface area contributed by atoms with Crippen LogP contribution in [-0.4, -0.2) is 48.2 Å². The van der Waals surface area contributed by atoms with Crippen LogP contribution in [0, 0.1) is 6.92 Å². The second-order valence-electron chi connectivity index (χ2n) is 8.80. The number of aliphatic carboxylic acids is 1. The molecule has 0 fully saturated rings. The molecular weight excluding hydrogens is 458 g/mol. The van der Waals surface area contributed by atoms with Gasteiger partial charge in [0.25, 0.3) is 5.91 Å². The number of carbonyl (C=O) groups excluding carboxylic acids is 1. The summed E-state index contributed by atoms with van der Waals surface area (Å²) in [6, 6.07) is 21.8. The van der Waals surface area contributed by atoms with E-state index in [0.717, 1.165) is 22.3 Å². The minimum absolute atomic E-state index is 0.155. The molecule has 36 heavy (non-hydrogen) atoms. The first kappa shape index (κ1) is 25.4. The predicted octanol–water partition coefficient (Wildman–Crippen LogP) is 4.32. The van der Waals surface area contributed by atoms with Crippen LogP contribution in [0.2, 0.25) is 0 Å². The maximum absolute atomic E-state index is 13.7. The highest BCUT2D eigenvalue weighted by atomic mass is 16.5. The van der Waals surface area contributed by atoms with Crippen molar-refractivity contribution in [2.24, 2.45) is 0 Å². The van der Waals surface area contributed by atoms with E-state index in [-0.39, 0.29) is 25.5 Å². The molecule has 3 aromatic rings. The third kappa shape index (κ3) is 5.75. The molecule has 1 heterocycles. The smallest absolute Gasteiger partial charge is 0.326 e. The van der Waals surface area contributed by atoms with Crippen LogP contribution in [0.5, 0.6) is 5.75 Å².